The topological polar surface area (TPSA) is 75.6 Å². The summed E-state index contributed by atoms with van der Waals surface area (Å²) in [7, 11) is -0.903. The van der Waals surface area contributed by atoms with E-state index in [-0.39, 0.29) is 18.5 Å². The predicted molar refractivity (Wildman–Crippen MR) is 165 cm³/mol. The molecule has 0 saturated heterocycles. The van der Waals surface area contributed by atoms with Crippen molar-refractivity contribution in [3.05, 3.63) is 65.7 Å². The highest BCUT2D eigenvalue weighted by Gasteiger charge is 2.53. The Kier molecular flexibility index (Phi) is 13.1. The van der Waals surface area contributed by atoms with E-state index in [9.17, 15) is 4.57 Å². The molecule has 0 bridgehead atoms. The van der Waals surface area contributed by atoms with Crippen LogP contribution in [0, 0.1) is 0 Å². The SMILES string of the molecule is CCCCCCCCc1ccc(CCC2(C(COC(=S)Oc3ccccc3)P(=O)(OC)OC)COC(C)=N2)cc1. The maximum atomic E-state index is 13.8. The second kappa shape index (κ2) is 16.3. The van der Waals surface area contributed by atoms with Crippen molar-refractivity contribution in [2.24, 2.45) is 4.99 Å². The lowest BCUT2D eigenvalue weighted by Gasteiger charge is -2.36. The average molecular weight is 590 g/mol. The number of para-hydroxylation sites is 1. The molecule has 0 fully saturated rings. The first-order valence-corrected chi connectivity index (χ1v) is 16.2. The van der Waals surface area contributed by atoms with Crippen molar-refractivity contribution in [1.29, 1.82) is 0 Å². The van der Waals surface area contributed by atoms with Gasteiger partial charge in [0.1, 0.15) is 30.2 Å². The summed E-state index contributed by atoms with van der Waals surface area (Å²) < 4.78 is 42.0. The first-order valence-electron chi connectivity index (χ1n) is 14.2. The van der Waals surface area contributed by atoms with E-state index in [1.165, 1.54) is 63.9 Å². The van der Waals surface area contributed by atoms with Gasteiger partial charge in [0.15, 0.2) is 5.90 Å². The molecule has 1 aliphatic rings. The number of benzene rings is 2. The van der Waals surface area contributed by atoms with Crippen LogP contribution in [-0.4, -0.2) is 49.8 Å². The first kappa shape index (κ1) is 32.3. The van der Waals surface area contributed by atoms with Crippen molar-refractivity contribution < 1.29 is 27.8 Å². The summed E-state index contributed by atoms with van der Waals surface area (Å²) in [5, 5.41) is -0.0781. The van der Waals surface area contributed by atoms with E-state index in [1.54, 1.807) is 19.1 Å². The Morgan fingerprint density at radius 2 is 1.60 bits per heavy atom. The number of thiocarbonyl (C=S) groups is 1. The van der Waals surface area contributed by atoms with Crippen molar-refractivity contribution in [2.45, 2.75) is 82.8 Å². The number of rotatable bonds is 17. The Balaban J connectivity index is 1.68. The van der Waals surface area contributed by atoms with E-state index in [0.29, 0.717) is 24.5 Å². The lowest BCUT2D eigenvalue weighted by Crippen LogP contribution is -2.46. The van der Waals surface area contributed by atoms with Gasteiger partial charge in [0.25, 0.3) is 0 Å². The summed E-state index contributed by atoms with van der Waals surface area (Å²) in [6, 6.07) is 17.9. The molecule has 1 aliphatic heterocycles. The lowest BCUT2D eigenvalue weighted by atomic mass is 9.89. The standard InChI is InChI=1S/C31H44NO6PS/c1-5-6-7-8-9-11-14-26-17-19-27(20-18-26)21-22-31(24-37-25(2)32-31)29(39(33,34-3)35-4)23-36-30(40)38-28-15-12-10-13-16-28/h10,12-13,15-20,29H,5-9,11,14,21-24H2,1-4H3. The van der Waals surface area contributed by atoms with Gasteiger partial charge in [-0.15, -0.1) is 0 Å². The fourth-order valence-electron chi connectivity index (χ4n) is 5.05. The molecule has 220 valence electrons. The van der Waals surface area contributed by atoms with E-state index in [4.69, 9.17) is 40.5 Å². The number of aliphatic imine (C=N–C) groups is 1. The minimum Gasteiger partial charge on any atom is -0.479 e. The molecular formula is C31H44NO6PS. The van der Waals surface area contributed by atoms with Crippen molar-refractivity contribution in [1.82, 2.24) is 0 Å². The van der Waals surface area contributed by atoms with Gasteiger partial charge in [0.05, 0.1) is 0 Å². The zero-order valence-electron chi connectivity index (χ0n) is 24.3. The third-order valence-corrected chi connectivity index (χ3v) is 10.0. The molecular weight excluding hydrogens is 545 g/mol. The predicted octanol–water partition coefficient (Wildman–Crippen LogP) is 7.94. The number of hydrogen-bond acceptors (Lipinski definition) is 8. The number of hydrogen-bond donors (Lipinski definition) is 0. The van der Waals surface area contributed by atoms with Gasteiger partial charge < -0.3 is 23.3 Å². The molecule has 3 rings (SSSR count). The molecule has 0 saturated carbocycles. The molecule has 7 nitrogen and oxygen atoms in total. The molecule has 9 heteroatoms. The van der Waals surface area contributed by atoms with E-state index >= 15 is 0 Å². The molecule has 0 radical (unpaired) electrons. The highest BCUT2D eigenvalue weighted by molar-refractivity contribution is 7.79. The van der Waals surface area contributed by atoms with Gasteiger partial charge >= 0.3 is 12.8 Å². The maximum Gasteiger partial charge on any atom is 0.357 e. The van der Waals surface area contributed by atoms with Gasteiger partial charge in [-0.05, 0) is 48.9 Å². The lowest BCUT2D eigenvalue weighted by molar-refractivity contribution is 0.155. The number of unbranched alkanes of at least 4 members (excludes halogenated alkanes) is 5. The fraction of sp³-hybridized carbons (Fsp3) is 0.548. The Labute approximate surface area is 245 Å². The van der Waals surface area contributed by atoms with Crippen LogP contribution in [0.3, 0.4) is 0 Å². The number of nitrogens with zero attached hydrogens (tertiary/aromatic N) is 1. The largest absolute Gasteiger partial charge is 0.479 e. The van der Waals surface area contributed by atoms with Gasteiger partial charge in [-0.1, -0.05) is 81.5 Å². The van der Waals surface area contributed by atoms with Crippen molar-refractivity contribution in [3.63, 3.8) is 0 Å². The summed E-state index contributed by atoms with van der Waals surface area (Å²) in [4.78, 5) is 4.85. The molecule has 2 unspecified atom stereocenters. The Bertz CT molecular complexity index is 1120. The molecule has 0 spiro atoms. The van der Waals surface area contributed by atoms with Gasteiger partial charge in [-0.2, -0.15) is 0 Å². The molecule has 2 atom stereocenters. The molecule has 2 aromatic carbocycles. The average Bonchev–Trinajstić information content (AvgIpc) is 3.35. The van der Waals surface area contributed by atoms with Crippen molar-refractivity contribution in [3.8, 4) is 5.75 Å². The molecule has 0 aromatic heterocycles. The van der Waals surface area contributed by atoms with Crippen LogP contribution in [-0.2, 0) is 35.9 Å². The van der Waals surface area contributed by atoms with Gasteiger partial charge in [0.2, 0.25) is 0 Å². The minimum atomic E-state index is -3.65. The maximum absolute atomic E-state index is 13.8. The Morgan fingerprint density at radius 3 is 2.20 bits per heavy atom. The summed E-state index contributed by atoms with van der Waals surface area (Å²) in [6.07, 6.45) is 10.1. The summed E-state index contributed by atoms with van der Waals surface area (Å²) >= 11 is 5.31. The Morgan fingerprint density at radius 1 is 0.975 bits per heavy atom. The van der Waals surface area contributed by atoms with Crippen molar-refractivity contribution >= 4 is 30.9 Å². The summed E-state index contributed by atoms with van der Waals surface area (Å²) in [6.45, 7) is 4.22. The van der Waals surface area contributed by atoms with Crippen molar-refractivity contribution in [2.75, 3.05) is 27.4 Å². The molecule has 0 N–H and O–H groups in total. The molecule has 0 amide bonds. The van der Waals surface area contributed by atoms with Gasteiger partial charge in [-0.3, -0.25) is 4.57 Å². The first-order chi connectivity index (χ1) is 19.3. The van der Waals surface area contributed by atoms with Crippen LogP contribution in [0.1, 0.15) is 69.9 Å². The molecule has 0 aliphatic carbocycles. The van der Waals surface area contributed by atoms with Crippen LogP contribution < -0.4 is 4.74 Å². The fourth-order valence-corrected chi connectivity index (χ4v) is 6.98. The second-order valence-electron chi connectivity index (χ2n) is 10.3. The third kappa shape index (κ3) is 9.41. The number of aryl methyl sites for hydroxylation is 2. The third-order valence-electron chi connectivity index (χ3n) is 7.41. The van der Waals surface area contributed by atoms with E-state index < -0.39 is 18.8 Å². The van der Waals surface area contributed by atoms with Gasteiger partial charge in [0, 0.05) is 33.4 Å². The van der Waals surface area contributed by atoms with Crippen LogP contribution in [0.5, 0.6) is 5.75 Å². The van der Waals surface area contributed by atoms with E-state index in [1.807, 2.05) is 18.2 Å². The Hall–Kier alpha value is -2.25. The zero-order valence-corrected chi connectivity index (χ0v) is 26.0. The highest BCUT2D eigenvalue weighted by atomic mass is 32.1. The quantitative estimate of drug-likeness (QED) is 0.105. The van der Waals surface area contributed by atoms with Gasteiger partial charge in [-0.25, -0.2) is 4.99 Å². The normalized spacial score (nSPS) is 17.6. The molecule has 40 heavy (non-hydrogen) atoms. The zero-order chi connectivity index (χ0) is 28.8. The van der Waals surface area contributed by atoms with Crippen LogP contribution in [0.2, 0.25) is 0 Å². The minimum absolute atomic E-state index is 0.0675. The summed E-state index contributed by atoms with van der Waals surface area (Å²) in [5.41, 5.74) is 0.883. The smallest absolute Gasteiger partial charge is 0.357 e. The van der Waals surface area contributed by atoms with Crippen LogP contribution in [0.4, 0.5) is 0 Å². The molecule has 2 aromatic rings. The van der Waals surface area contributed by atoms with E-state index in [2.05, 4.69) is 31.2 Å². The van der Waals surface area contributed by atoms with E-state index in [0.717, 1.165) is 6.42 Å². The number of ether oxygens (including phenoxy) is 3. The van der Waals surface area contributed by atoms with Crippen LogP contribution in [0.25, 0.3) is 0 Å². The molecule has 1 heterocycles. The summed E-state index contributed by atoms with van der Waals surface area (Å²) in [5.74, 6) is 1.08. The van der Waals surface area contributed by atoms with Crippen LogP contribution in [0.15, 0.2) is 59.6 Å². The van der Waals surface area contributed by atoms with Crippen LogP contribution >= 0.6 is 19.8 Å². The monoisotopic (exact) mass is 589 g/mol. The second-order valence-corrected chi connectivity index (χ2v) is 13.0. The highest BCUT2D eigenvalue weighted by Crippen LogP contribution is 2.57.